The van der Waals surface area contributed by atoms with Gasteiger partial charge in [0.15, 0.2) is 0 Å². The molecule has 1 aromatic rings. The number of ether oxygens (including phenoxy) is 1. The van der Waals surface area contributed by atoms with E-state index < -0.39 is 11.8 Å². The zero-order valence-electron chi connectivity index (χ0n) is 12.7. The number of carbonyl (C=O) groups is 2. The summed E-state index contributed by atoms with van der Waals surface area (Å²) in [5, 5.41) is 8.83. The molecule has 1 aromatic carbocycles. The van der Waals surface area contributed by atoms with Gasteiger partial charge in [-0.1, -0.05) is 11.6 Å². The van der Waals surface area contributed by atoms with Crippen molar-refractivity contribution in [3.8, 4) is 0 Å². The van der Waals surface area contributed by atoms with Gasteiger partial charge >= 0.3 is 5.97 Å². The first-order chi connectivity index (χ1) is 10.9. The summed E-state index contributed by atoms with van der Waals surface area (Å²) in [4.78, 5) is 26.4. The molecule has 8 heteroatoms. The van der Waals surface area contributed by atoms with Crippen molar-refractivity contribution in [3.05, 3.63) is 34.6 Å². The number of hydrogen-bond acceptors (Lipinski definition) is 4. The number of carbonyl (C=O) groups excluding carboxylic acids is 1. The fraction of sp³-hybridized carbons (Fsp3) is 0.467. The van der Waals surface area contributed by atoms with Crippen LogP contribution in [0.25, 0.3) is 0 Å². The van der Waals surface area contributed by atoms with E-state index in [1.807, 2.05) is 0 Å². The summed E-state index contributed by atoms with van der Waals surface area (Å²) in [5.41, 5.74) is 0.243. The quantitative estimate of drug-likeness (QED) is 0.872. The highest BCUT2D eigenvalue weighted by molar-refractivity contribution is 6.33. The predicted octanol–water partition coefficient (Wildman–Crippen LogP) is 1.34. The standard InChI is InChI=1S/C15H18ClFN2O4/c1-18(9-14(20)21)7-11-8-19(4-5-23-11)15(22)12-3-2-10(17)6-13(12)16/h2-3,6,11H,4-5,7-9H2,1H3,(H,20,21)/t11-/m1/s1. The zero-order valence-corrected chi connectivity index (χ0v) is 13.4. The van der Waals surface area contributed by atoms with E-state index in [1.165, 1.54) is 12.1 Å². The third-order valence-corrected chi connectivity index (χ3v) is 3.82. The Bertz CT molecular complexity index is 599. The summed E-state index contributed by atoms with van der Waals surface area (Å²) in [6, 6.07) is 3.66. The van der Waals surface area contributed by atoms with Gasteiger partial charge in [-0.15, -0.1) is 0 Å². The van der Waals surface area contributed by atoms with Crippen molar-refractivity contribution in [1.29, 1.82) is 0 Å². The molecule has 0 spiro atoms. The highest BCUT2D eigenvalue weighted by atomic mass is 35.5. The SMILES string of the molecule is CN(CC(=O)O)C[C@@H]1CN(C(=O)c2ccc(F)cc2Cl)CCO1. The molecule has 0 aromatic heterocycles. The van der Waals surface area contributed by atoms with Crippen molar-refractivity contribution in [1.82, 2.24) is 9.80 Å². The van der Waals surface area contributed by atoms with Crippen molar-refractivity contribution in [2.75, 3.05) is 39.8 Å². The second-order valence-electron chi connectivity index (χ2n) is 5.46. The Hall–Kier alpha value is -1.70. The second kappa shape index (κ2) is 7.72. The number of benzene rings is 1. The molecule has 1 fully saturated rings. The van der Waals surface area contributed by atoms with Gasteiger partial charge in [0.05, 0.1) is 29.8 Å². The van der Waals surface area contributed by atoms with E-state index in [1.54, 1.807) is 16.8 Å². The number of morpholine rings is 1. The molecule has 2 rings (SSSR count). The highest BCUT2D eigenvalue weighted by Crippen LogP contribution is 2.20. The first-order valence-corrected chi connectivity index (χ1v) is 7.51. The van der Waals surface area contributed by atoms with Crippen molar-refractivity contribution in [2.45, 2.75) is 6.10 Å². The summed E-state index contributed by atoms with van der Waals surface area (Å²) < 4.78 is 18.7. The van der Waals surface area contributed by atoms with Crippen LogP contribution in [-0.4, -0.2) is 72.7 Å². The van der Waals surface area contributed by atoms with Crippen LogP contribution in [0.1, 0.15) is 10.4 Å². The number of aliphatic carboxylic acids is 1. The molecule has 1 aliphatic rings. The molecule has 0 bridgehead atoms. The maximum atomic E-state index is 13.1. The summed E-state index contributed by atoms with van der Waals surface area (Å²) in [5.74, 6) is -1.71. The van der Waals surface area contributed by atoms with Crippen molar-refractivity contribution in [2.24, 2.45) is 0 Å². The van der Waals surface area contributed by atoms with E-state index in [2.05, 4.69) is 0 Å². The van der Waals surface area contributed by atoms with Crippen molar-refractivity contribution in [3.63, 3.8) is 0 Å². The van der Waals surface area contributed by atoms with Crippen LogP contribution in [0.15, 0.2) is 18.2 Å². The van der Waals surface area contributed by atoms with Crippen LogP contribution in [0, 0.1) is 5.82 Å². The maximum absolute atomic E-state index is 13.1. The van der Waals surface area contributed by atoms with Gasteiger partial charge in [0.1, 0.15) is 5.82 Å². The Balaban J connectivity index is 2.00. The lowest BCUT2D eigenvalue weighted by Gasteiger charge is -2.34. The Morgan fingerprint density at radius 3 is 2.91 bits per heavy atom. The van der Waals surface area contributed by atoms with E-state index in [4.69, 9.17) is 21.4 Å². The van der Waals surface area contributed by atoms with Crippen LogP contribution in [0.4, 0.5) is 4.39 Å². The van der Waals surface area contributed by atoms with Gasteiger partial charge in [-0.05, 0) is 25.2 Å². The molecule has 0 saturated carbocycles. The molecule has 1 heterocycles. The van der Waals surface area contributed by atoms with E-state index in [0.29, 0.717) is 26.2 Å². The van der Waals surface area contributed by atoms with E-state index >= 15 is 0 Å². The molecule has 23 heavy (non-hydrogen) atoms. The Morgan fingerprint density at radius 2 is 2.26 bits per heavy atom. The minimum Gasteiger partial charge on any atom is -0.480 e. The lowest BCUT2D eigenvalue weighted by atomic mass is 10.1. The van der Waals surface area contributed by atoms with Crippen LogP contribution in [0.3, 0.4) is 0 Å². The van der Waals surface area contributed by atoms with Gasteiger partial charge in [0.2, 0.25) is 0 Å². The highest BCUT2D eigenvalue weighted by Gasteiger charge is 2.27. The Morgan fingerprint density at radius 1 is 1.52 bits per heavy atom. The van der Waals surface area contributed by atoms with Crippen LogP contribution >= 0.6 is 11.6 Å². The van der Waals surface area contributed by atoms with E-state index in [9.17, 15) is 14.0 Å². The first-order valence-electron chi connectivity index (χ1n) is 7.13. The zero-order chi connectivity index (χ0) is 17.0. The minimum absolute atomic E-state index is 0.0704. The summed E-state index contributed by atoms with van der Waals surface area (Å²) in [6.07, 6.45) is -0.281. The van der Waals surface area contributed by atoms with Gasteiger partial charge in [0, 0.05) is 19.6 Å². The lowest BCUT2D eigenvalue weighted by Crippen LogP contribution is -2.49. The average molecular weight is 345 g/mol. The Kier molecular flexibility index (Phi) is 5.92. The van der Waals surface area contributed by atoms with Gasteiger partial charge in [0.25, 0.3) is 5.91 Å². The predicted molar refractivity (Wildman–Crippen MR) is 82.2 cm³/mol. The molecular weight excluding hydrogens is 327 g/mol. The number of nitrogens with zero attached hydrogens (tertiary/aromatic N) is 2. The summed E-state index contributed by atoms with van der Waals surface area (Å²) >= 11 is 5.93. The average Bonchev–Trinajstić information content (AvgIpc) is 2.46. The number of carboxylic acid groups (broad SMARTS) is 1. The number of hydrogen-bond donors (Lipinski definition) is 1. The number of carboxylic acids is 1. The molecule has 1 atom stereocenters. The third kappa shape index (κ3) is 4.89. The summed E-state index contributed by atoms with van der Waals surface area (Å²) in [6.45, 7) is 1.39. The molecule has 1 amide bonds. The summed E-state index contributed by atoms with van der Waals surface area (Å²) in [7, 11) is 1.68. The van der Waals surface area contributed by atoms with E-state index in [0.717, 1.165) is 6.07 Å². The Labute approximate surface area is 138 Å². The van der Waals surface area contributed by atoms with Gasteiger partial charge in [-0.3, -0.25) is 14.5 Å². The van der Waals surface area contributed by atoms with Crippen LogP contribution in [0.2, 0.25) is 5.02 Å². The van der Waals surface area contributed by atoms with Crippen molar-refractivity contribution >= 4 is 23.5 Å². The van der Waals surface area contributed by atoms with Crippen LogP contribution in [0.5, 0.6) is 0 Å². The minimum atomic E-state index is -0.922. The number of amides is 1. The number of likely N-dealkylation sites (N-methyl/N-ethyl adjacent to an activating group) is 1. The smallest absolute Gasteiger partial charge is 0.317 e. The fourth-order valence-corrected chi connectivity index (χ4v) is 2.74. The molecule has 1 N–H and O–H groups in total. The lowest BCUT2D eigenvalue weighted by molar-refractivity contribution is -0.138. The fourth-order valence-electron chi connectivity index (χ4n) is 2.49. The second-order valence-corrected chi connectivity index (χ2v) is 5.87. The van der Waals surface area contributed by atoms with Crippen molar-refractivity contribution < 1.29 is 23.8 Å². The van der Waals surface area contributed by atoms with Crippen LogP contribution in [-0.2, 0) is 9.53 Å². The van der Waals surface area contributed by atoms with Gasteiger partial charge in [-0.2, -0.15) is 0 Å². The molecular formula is C15H18ClFN2O4. The topological polar surface area (TPSA) is 70.1 Å². The molecule has 1 aliphatic heterocycles. The monoisotopic (exact) mass is 344 g/mol. The third-order valence-electron chi connectivity index (χ3n) is 3.51. The van der Waals surface area contributed by atoms with E-state index in [-0.39, 0.29) is 29.1 Å². The van der Waals surface area contributed by atoms with Crippen LogP contribution < -0.4 is 0 Å². The van der Waals surface area contributed by atoms with Gasteiger partial charge in [-0.25, -0.2) is 4.39 Å². The van der Waals surface area contributed by atoms with Gasteiger partial charge < -0.3 is 14.7 Å². The number of rotatable bonds is 5. The molecule has 1 saturated heterocycles. The normalized spacial score (nSPS) is 18.3. The molecule has 6 nitrogen and oxygen atoms in total. The molecule has 0 unspecified atom stereocenters. The first kappa shape index (κ1) is 17.7. The largest absolute Gasteiger partial charge is 0.480 e. The maximum Gasteiger partial charge on any atom is 0.317 e. The molecule has 0 radical (unpaired) electrons. The molecule has 0 aliphatic carbocycles. The molecule has 126 valence electrons. The number of halogens is 2.